The van der Waals surface area contributed by atoms with Crippen molar-refractivity contribution in [2.45, 2.75) is 432 Å². The summed E-state index contributed by atoms with van der Waals surface area (Å²) < 4.78 is 68.6. The molecular weight excluding hydrogens is 1270 g/mol. The molecule has 19 heteroatoms. The lowest BCUT2D eigenvalue weighted by Gasteiger charge is -2.21. The molecule has 5 atom stereocenters. The summed E-state index contributed by atoms with van der Waals surface area (Å²) in [6, 6.07) is 0. The lowest BCUT2D eigenvalue weighted by atomic mass is 10.0. The van der Waals surface area contributed by atoms with Gasteiger partial charge in [-0.25, -0.2) is 9.13 Å². The predicted molar refractivity (Wildman–Crippen MR) is 395 cm³/mol. The molecule has 0 radical (unpaired) electrons. The van der Waals surface area contributed by atoms with Crippen molar-refractivity contribution in [1.82, 2.24) is 0 Å². The number of ether oxygens (including phenoxy) is 4. The van der Waals surface area contributed by atoms with Crippen LogP contribution >= 0.6 is 15.6 Å². The van der Waals surface area contributed by atoms with Gasteiger partial charge in [-0.3, -0.25) is 37.3 Å². The highest BCUT2D eigenvalue weighted by atomic mass is 31.2. The Morgan fingerprint density at radius 2 is 0.474 bits per heavy atom. The minimum absolute atomic E-state index is 0.106. The minimum Gasteiger partial charge on any atom is -0.462 e. The highest BCUT2D eigenvalue weighted by Crippen LogP contribution is 2.45. The minimum atomic E-state index is -4.96. The molecule has 0 spiro atoms. The number of carbonyl (C=O) groups is 4. The van der Waals surface area contributed by atoms with E-state index in [1.807, 2.05) is 0 Å². The van der Waals surface area contributed by atoms with Crippen LogP contribution in [-0.4, -0.2) is 96.7 Å². The highest BCUT2D eigenvalue weighted by molar-refractivity contribution is 7.47. The third-order valence-corrected chi connectivity index (χ3v) is 20.2. The van der Waals surface area contributed by atoms with E-state index >= 15 is 0 Å². The van der Waals surface area contributed by atoms with Crippen LogP contribution in [0, 0.1) is 5.92 Å². The van der Waals surface area contributed by atoms with Gasteiger partial charge >= 0.3 is 39.5 Å². The van der Waals surface area contributed by atoms with Crippen molar-refractivity contribution < 1.29 is 80.2 Å². The molecule has 576 valence electrons. The van der Waals surface area contributed by atoms with Crippen molar-refractivity contribution in [1.29, 1.82) is 0 Å². The van der Waals surface area contributed by atoms with Gasteiger partial charge in [-0.1, -0.05) is 362 Å². The summed E-state index contributed by atoms with van der Waals surface area (Å²) in [4.78, 5) is 72.8. The molecule has 3 N–H and O–H groups in total. The third-order valence-electron chi connectivity index (χ3n) is 18.3. The number of hydrogen-bond acceptors (Lipinski definition) is 15. The van der Waals surface area contributed by atoms with Crippen molar-refractivity contribution in [3.63, 3.8) is 0 Å². The van der Waals surface area contributed by atoms with Gasteiger partial charge in [-0.15, -0.1) is 0 Å². The molecule has 0 amide bonds. The van der Waals surface area contributed by atoms with Gasteiger partial charge < -0.3 is 33.8 Å². The average molecular weight is 1420 g/mol. The molecule has 0 saturated heterocycles. The summed E-state index contributed by atoms with van der Waals surface area (Å²) in [6.07, 6.45) is 61.1. The number of unbranched alkanes of at least 4 members (excludes halogenated alkanes) is 50. The fraction of sp³-hybridized carbons (Fsp3) is 0.949. The maximum Gasteiger partial charge on any atom is 0.472 e. The first-order valence-electron chi connectivity index (χ1n) is 40.6. The monoisotopic (exact) mass is 1420 g/mol. The summed E-state index contributed by atoms with van der Waals surface area (Å²) >= 11 is 0. The van der Waals surface area contributed by atoms with Crippen LogP contribution in [0.15, 0.2) is 0 Å². The maximum atomic E-state index is 13.1. The molecular formula is C78H152O17P2. The number of esters is 4. The van der Waals surface area contributed by atoms with Crippen LogP contribution < -0.4 is 0 Å². The smallest absolute Gasteiger partial charge is 0.462 e. The van der Waals surface area contributed by atoms with Crippen molar-refractivity contribution in [2.24, 2.45) is 5.92 Å². The van der Waals surface area contributed by atoms with Gasteiger partial charge in [0.2, 0.25) is 0 Å². The molecule has 0 aromatic carbocycles. The number of hydrogen-bond donors (Lipinski definition) is 3. The summed E-state index contributed by atoms with van der Waals surface area (Å²) in [5.74, 6) is -1.36. The number of phosphoric ester groups is 2. The highest BCUT2D eigenvalue weighted by Gasteiger charge is 2.30. The Balaban J connectivity index is 5.22. The van der Waals surface area contributed by atoms with Crippen LogP contribution in [0.3, 0.4) is 0 Å². The SMILES string of the molecule is CCCCCCCCCCCCCCCCCCCCCC(=O)O[C@H](COC(=O)CCCCCCCCCCCCCCCCCC)COP(=O)(O)OC[C@@H](O)COP(=O)(O)OC[C@@H](COC(=O)CCCCCCCCCCC)OC(=O)CCCCCCCCCCCCC(C)C. The van der Waals surface area contributed by atoms with E-state index in [-0.39, 0.29) is 25.7 Å². The average Bonchev–Trinajstić information content (AvgIpc) is 1.35. The molecule has 0 aliphatic rings. The molecule has 0 aliphatic heterocycles. The Hall–Kier alpha value is -1.94. The molecule has 0 saturated carbocycles. The zero-order chi connectivity index (χ0) is 71.2. The van der Waals surface area contributed by atoms with Crippen LogP contribution in [0.4, 0.5) is 0 Å². The summed E-state index contributed by atoms with van der Waals surface area (Å²) in [5.41, 5.74) is 0. The second-order valence-corrected chi connectivity index (χ2v) is 31.5. The van der Waals surface area contributed by atoms with Crippen molar-refractivity contribution >= 4 is 39.5 Å². The van der Waals surface area contributed by atoms with Crippen LogP contribution in [0.25, 0.3) is 0 Å². The second-order valence-electron chi connectivity index (χ2n) is 28.6. The Kier molecular flexibility index (Phi) is 69.6. The lowest BCUT2D eigenvalue weighted by molar-refractivity contribution is -0.161. The number of rotatable bonds is 78. The van der Waals surface area contributed by atoms with Gasteiger partial charge in [0.1, 0.15) is 19.3 Å². The predicted octanol–water partition coefficient (Wildman–Crippen LogP) is 23.3. The fourth-order valence-corrected chi connectivity index (χ4v) is 13.6. The standard InChI is InChI=1S/C78H152O17P2/c1-6-9-12-15-18-21-23-25-27-29-30-31-33-35-37-43-48-53-58-63-77(82)94-74(68-89-76(81)62-57-52-47-42-36-34-32-28-26-24-22-19-16-13-10-7-2)70-93-97(86,87)91-66-72(79)65-90-96(84,85)92-69-73(67-88-75(80)61-56-51-46-40-20-17-14-11-8-3)95-78(83)64-59-54-49-44-39-38-41-45-50-55-60-71(4)5/h71-74,79H,6-70H2,1-5H3,(H,84,85)(H,86,87)/t72-,73+,74+/m0/s1. The van der Waals surface area contributed by atoms with Gasteiger partial charge in [-0.2, -0.15) is 0 Å². The van der Waals surface area contributed by atoms with Gasteiger partial charge in [-0.05, 0) is 31.6 Å². The molecule has 17 nitrogen and oxygen atoms in total. The van der Waals surface area contributed by atoms with Crippen LogP contribution in [0.2, 0.25) is 0 Å². The van der Waals surface area contributed by atoms with Crippen LogP contribution in [-0.2, 0) is 65.4 Å². The van der Waals surface area contributed by atoms with Crippen molar-refractivity contribution in [3.8, 4) is 0 Å². The largest absolute Gasteiger partial charge is 0.472 e. The first-order valence-corrected chi connectivity index (χ1v) is 43.6. The normalized spacial score (nSPS) is 13.9. The third kappa shape index (κ3) is 72.2. The molecule has 2 unspecified atom stereocenters. The summed E-state index contributed by atoms with van der Waals surface area (Å²) in [6.45, 7) is 7.28. The lowest BCUT2D eigenvalue weighted by Crippen LogP contribution is -2.30. The molecule has 0 aromatic rings. The molecule has 0 fully saturated rings. The van der Waals surface area contributed by atoms with Crippen molar-refractivity contribution in [2.75, 3.05) is 39.6 Å². The number of aliphatic hydroxyl groups is 1. The van der Waals surface area contributed by atoms with Gasteiger partial charge in [0, 0.05) is 25.7 Å². The van der Waals surface area contributed by atoms with E-state index in [9.17, 15) is 43.2 Å². The first kappa shape index (κ1) is 95.1. The molecule has 0 rings (SSSR count). The second kappa shape index (κ2) is 71.1. The van der Waals surface area contributed by atoms with E-state index < -0.39 is 97.5 Å². The molecule has 0 heterocycles. The topological polar surface area (TPSA) is 237 Å². The molecule has 0 aliphatic carbocycles. The van der Waals surface area contributed by atoms with E-state index in [1.54, 1.807) is 0 Å². The quantitative estimate of drug-likeness (QED) is 0.0222. The molecule has 97 heavy (non-hydrogen) atoms. The Bertz CT molecular complexity index is 1860. The van der Waals surface area contributed by atoms with Crippen LogP contribution in [0.5, 0.6) is 0 Å². The van der Waals surface area contributed by atoms with E-state index in [4.69, 9.17) is 37.0 Å². The van der Waals surface area contributed by atoms with Crippen LogP contribution in [0.1, 0.15) is 413 Å². The van der Waals surface area contributed by atoms with E-state index in [1.165, 1.54) is 238 Å². The molecule has 0 aromatic heterocycles. The maximum absolute atomic E-state index is 13.1. The van der Waals surface area contributed by atoms with E-state index in [0.717, 1.165) is 95.8 Å². The first-order chi connectivity index (χ1) is 47.0. The number of phosphoric acid groups is 2. The Morgan fingerprint density at radius 3 is 0.701 bits per heavy atom. The number of aliphatic hydroxyl groups excluding tert-OH is 1. The summed E-state index contributed by atoms with van der Waals surface area (Å²) in [7, 11) is -9.91. The van der Waals surface area contributed by atoms with E-state index in [0.29, 0.717) is 25.7 Å². The van der Waals surface area contributed by atoms with E-state index in [2.05, 4.69) is 34.6 Å². The fourth-order valence-electron chi connectivity index (χ4n) is 12.1. The number of carbonyl (C=O) groups excluding carboxylic acids is 4. The molecule has 0 bridgehead atoms. The Morgan fingerprint density at radius 1 is 0.278 bits per heavy atom. The van der Waals surface area contributed by atoms with Gasteiger partial charge in [0.15, 0.2) is 12.2 Å². The van der Waals surface area contributed by atoms with Gasteiger partial charge in [0.05, 0.1) is 26.4 Å². The van der Waals surface area contributed by atoms with Gasteiger partial charge in [0.25, 0.3) is 0 Å². The summed E-state index contributed by atoms with van der Waals surface area (Å²) in [5, 5.41) is 10.6. The zero-order valence-corrected chi connectivity index (χ0v) is 65.0. The van der Waals surface area contributed by atoms with Crippen molar-refractivity contribution in [3.05, 3.63) is 0 Å². The zero-order valence-electron chi connectivity index (χ0n) is 63.2. The Labute approximate surface area is 594 Å².